The lowest BCUT2D eigenvalue weighted by atomic mass is 9.94. The Balaban J connectivity index is 1.67. The molecule has 0 bridgehead atoms. The summed E-state index contributed by atoms with van der Waals surface area (Å²) in [5.41, 5.74) is -0.561. The smallest absolute Gasteiger partial charge is 0.457 e. The first-order chi connectivity index (χ1) is 20.6. The van der Waals surface area contributed by atoms with Gasteiger partial charge in [-0.3, -0.25) is 0 Å². The van der Waals surface area contributed by atoms with Crippen LogP contribution in [-0.4, -0.2) is 17.8 Å². The molecule has 0 fully saturated rings. The average molecular weight is 624 g/mol. The van der Waals surface area contributed by atoms with Crippen molar-refractivity contribution in [3.63, 3.8) is 0 Å². The van der Waals surface area contributed by atoms with E-state index in [4.69, 9.17) is 4.74 Å². The van der Waals surface area contributed by atoms with Crippen LogP contribution in [-0.2, 0) is 12.1 Å². The van der Waals surface area contributed by atoms with Gasteiger partial charge in [-0.25, -0.2) is 0 Å². The molecule has 2 atom stereocenters. The van der Waals surface area contributed by atoms with Crippen LogP contribution < -0.4 is 10.1 Å². The van der Waals surface area contributed by atoms with Crippen LogP contribution >= 0.6 is 0 Å². The molecule has 0 radical (unpaired) electrons. The fourth-order valence-corrected chi connectivity index (χ4v) is 4.58. The maximum atomic E-state index is 14.3. The van der Waals surface area contributed by atoms with Gasteiger partial charge in [0.05, 0.1) is 17.7 Å². The zero-order valence-electron chi connectivity index (χ0n) is 23.6. The van der Waals surface area contributed by atoms with E-state index in [1.165, 1.54) is 6.07 Å². The van der Waals surface area contributed by atoms with Gasteiger partial charge < -0.3 is 15.2 Å². The van der Waals surface area contributed by atoms with E-state index in [-0.39, 0.29) is 23.6 Å². The minimum atomic E-state index is -5.83. The Morgan fingerprint density at radius 3 is 1.70 bits per heavy atom. The van der Waals surface area contributed by atoms with Crippen molar-refractivity contribution in [3.8, 4) is 11.5 Å². The third kappa shape index (κ3) is 7.75. The van der Waals surface area contributed by atoms with Crippen molar-refractivity contribution in [3.05, 3.63) is 130 Å². The SMILES string of the molecule is CC(C)c1cccc(Oc2cccc(C(NCC(O)c3ccc(C(F)(F)F)cc3)c3cccc(C(F)(F)C(F)(F)F)c3)c2)c1. The Labute approximate surface area is 249 Å². The predicted molar refractivity (Wildman–Crippen MR) is 150 cm³/mol. The van der Waals surface area contributed by atoms with Gasteiger partial charge in [-0.1, -0.05) is 68.4 Å². The molecule has 11 heteroatoms. The van der Waals surface area contributed by atoms with Crippen molar-refractivity contribution < 1.29 is 45.0 Å². The molecule has 0 saturated heterocycles. The normalized spacial score (nSPS) is 14.0. The van der Waals surface area contributed by atoms with Crippen LogP contribution in [0.2, 0.25) is 0 Å². The predicted octanol–water partition coefficient (Wildman–Crippen LogP) is 9.69. The van der Waals surface area contributed by atoms with E-state index in [2.05, 4.69) is 5.32 Å². The zero-order valence-corrected chi connectivity index (χ0v) is 23.6. The first-order valence-electron chi connectivity index (χ1n) is 13.6. The molecule has 0 aromatic heterocycles. The van der Waals surface area contributed by atoms with Crippen molar-refractivity contribution in [1.82, 2.24) is 5.32 Å². The number of aliphatic hydroxyl groups is 1. The van der Waals surface area contributed by atoms with Crippen molar-refractivity contribution >= 4 is 0 Å². The maximum absolute atomic E-state index is 14.3. The molecule has 3 nitrogen and oxygen atoms in total. The number of ether oxygens (including phenoxy) is 1. The van der Waals surface area contributed by atoms with E-state index >= 15 is 0 Å². The second-order valence-corrected chi connectivity index (χ2v) is 10.6. The molecule has 234 valence electrons. The van der Waals surface area contributed by atoms with Crippen LogP contribution in [0.25, 0.3) is 0 Å². The molecule has 0 amide bonds. The highest BCUT2D eigenvalue weighted by Crippen LogP contribution is 2.44. The largest absolute Gasteiger partial charge is 0.458 e. The molecular formula is C33H29F8NO2. The first-order valence-corrected chi connectivity index (χ1v) is 13.6. The highest BCUT2D eigenvalue weighted by Gasteiger charge is 2.58. The van der Waals surface area contributed by atoms with Crippen LogP contribution in [0.15, 0.2) is 97.1 Å². The Kier molecular flexibility index (Phi) is 9.70. The molecular weight excluding hydrogens is 594 g/mol. The fraction of sp³-hybridized carbons (Fsp3) is 0.273. The van der Waals surface area contributed by atoms with Gasteiger partial charge in [0.25, 0.3) is 0 Å². The summed E-state index contributed by atoms with van der Waals surface area (Å²) in [6, 6.07) is 20.5. The lowest BCUT2D eigenvalue weighted by molar-refractivity contribution is -0.289. The molecule has 0 heterocycles. The Bertz CT molecular complexity index is 1550. The molecule has 4 aromatic rings. The number of aliphatic hydroxyl groups excluding tert-OH is 1. The Morgan fingerprint density at radius 2 is 1.16 bits per heavy atom. The molecule has 44 heavy (non-hydrogen) atoms. The second kappa shape index (κ2) is 13.0. The van der Waals surface area contributed by atoms with Crippen LogP contribution in [0.5, 0.6) is 11.5 Å². The van der Waals surface area contributed by atoms with Crippen LogP contribution in [0.4, 0.5) is 35.1 Å². The third-order valence-corrected chi connectivity index (χ3v) is 7.03. The Morgan fingerprint density at radius 1 is 0.636 bits per heavy atom. The van der Waals surface area contributed by atoms with Crippen molar-refractivity contribution in [2.75, 3.05) is 6.54 Å². The van der Waals surface area contributed by atoms with E-state index in [0.29, 0.717) is 23.1 Å². The minimum absolute atomic E-state index is 0.0324. The molecule has 4 rings (SSSR count). The number of halogens is 8. The Hall–Kier alpha value is -3.96. The van der Waals surface area contributed by atoms with Gasteiger partial charge >= 0.3 is 18.3 Å². The van der Waals surface area contributed by atoms with E-state index in [9.17, 15) is 40.2 Å². The van der Waals surface area contributed by atoms with Gasteiger partial charge in [0, 0.05) is 12.1 Å². The quantitative estimate of drug-likeness (QED) is 0.173. The summed E-state index contributed by atoms with van der Waals surface area (Å²) in [5.74, 6) is -4.01. The molecule has 0 saturated carbocycles. The van der Waals surface area contributed by atoms with Crippen molar-refractivity contribution in [2.45, 2.75) is 50.2 Å². The number of hydrogen-bond acceptors (Lipinski definition) is 3. The molecule has 2 N–H and O–H groups in total. The van der Waals surface area contributed by atoms with Gasteiger partial charge in [0.15, 0.2) is 0 Å². The standard InChI is InChI=1S/C33H29F8NO2/c1-20(2)22-6-4-10-27(17-22)44-28-11-5-8-24(18-28)30(23-7-3-9-26(16-23)31(34,35)33(39,40)41)42-19-29(43)21-12-14-25(15-13-21)32(36,37)38/h3-18,20,29-30,42-43H,19H2,1-2H3. The van der Waals surface area contributed by atoms with Crippen molar-refractivity contribution in [2.24, 2.45) is 0 Å². The minimum Gasteiger partial charge on any atom is -0.457 e. The molecule has 4 aromatic carbocycles. The van der Waals surface area contributed by atoms with E-state index in [0.717, 1.165) is 42.0 Å². The zero-order chi connectivity index (χ0) is 32.3. The summed E-state index contributed by atoms with van der Waals surface area (Å²) in [6.45, 7) is 3.76. The van der Waals surface area contributed by atoms with Gasteiger partial charge in [-0.05, 0) is 70.6 Å². The van der Waals surface area contributed by atoms with E-state index in [1.807, 2.05) is 32.0 Å². The molecule has 0 spiro atoms. The number of hydrogen-bond donors (Lipinski definition) is 2. The lowest BCUT2D eigenvalue weighted by Gasteiger charge is -2.25. The summed E-state index contributed by atoms with van der Waals surface area (Å²) in [5, 5.41) is 13.7. The summed E-state index contributed by atoms with van der Waals surface area (Å²) in [4.78, 5) is 0. The second-order valence-electron chi connectivity index (χ2n) is 10.6. The van der Waals surface area contributed by atoms with Gasteiger partial charge in [-0.2, -0.15) is 35.1 Å². The summed E-state index contributed by atoms with van der Waals surface area (Å²) in [7, 11) is 0. The number of rotatable bonds is 10. The first kappa shape index (κ1) is 32.9. The van der Waals surface area contributed by atoms with Crippen molar-refractivity contribution in [1.29, 1.82) is 0 Å². The van der Waals surface area contributed by atoms with E-state index < -0.39 is 41.5 Å². The van der Waals surface area contributed by atoms with Crippen LogP contribution in [0.3, 0.4) is 0 Å². The molecule has 0 aliphatic heterocycles. The topological polar surface area (TPSA) is 41.5 Å². The lowest BCUT2D eigenvalue weighted by Crippen LogP contribution is -2.34. The van der Waals surface area contributed by atoms with Crippen LogP contribution in [0, 0.1) is 0 Å². The highest BCUT2D eigenvalue weighted by atomic mass is 19.4. The number of nitrogens with one attached hydrogen (secondary N) is 1. The maximum Gasteiger partial charge on any atom is 0.458 e. The van der Waals surface area contributed by atoms with Crippen LogP contribution in [0.1, 0.15) is 65.3 Å². The molecule has 0 aliphatic rings. The monoisotopic (exact) mass is 623 g/mol. The van der Waals surface area contributed by atoms with Gasteiger partial charge in [0.2, 0.25) is 0 Å². The van der Waals surface area contributed by atoms with Gasteiger partial charge in [-0.15, -0.1) is 0 Å². The number of benzene rings is 4. The molecule has 0 aliphatic carbocycles. The fourth-order valence-electron chi connectivity index (χ4n) is 4.58. The average Bonchev–Trinajstić information content (AvgIpc) is 2.97. The third-order valence-electron chi connectivity index (χ3n) is 7.03. The molecule has 2 unspecified atom stereocenters. The van der Waals surface area contributed by atoms with Gasteiger partial charge in [0.1, 0.15) is 11.5 Å². The highest BCUT2D eigenvalue weighted by molar-refractivity contribution is 5.41. The summed E-state index contributed by atoms with van der Waals surface area (Å²) < 4.78 is 113. The van der Waals surface area contributed by atoms with E-state index in [1.54, 1.807) is 30.3 Å². The number of alkyl halides is 8. The summed E-state index contributed by atoms with van der Waals surface area (Å²) >= 11 is 0. The summed E-state index contributed by atoms with van der Waals surface area (Å²) in [6.07, 6.45) is -11.7.